The van der Waals surface area contributed by atoms with Crippen LogP contribution in [0.4, 0.5) is 0 Å². The number of carboxylic acid groups (broad SMARTS) is 1. The predicted molar refractivity (Wildman–Crippen MR) is 64.3 cm³/mol. The van der Waals surface area contributed by atoms with Gasteiger partial charge in [0.15, 0.2) is 0 Å². The van der Waals surface area contributed by atoms with E-state index in [1.165, 1.54) is 0 Å². The minimum absolute atomic E-state index is 0.0929. The lowest BCUT2D eigenvalue weighted by Crippen LogP contribution is -2.43. The zero-order valence-electron chi connectivity index (χ0n) is 10.1. The van der Waals surface area contributed by atoms with Gasteiger partial charge in [0, 0.05) is 6.04 Å². The molecule has 1 aliphatic carbocycles. The molecule has 3 atom stereocenters. The Morgan fingerprint density at radius 2 is 2.24 bits per heavy atom. The molecule has 96 valence electrons. The number of aliphatic carboxylic acids is 1. The number of nitrogens with one attached hydrogen (secondary N) is 1. The van der Waals surface area contributed by atoms with Crippen molar-refractivity contribution in [3.8, 4) is 0 Å². The molecular formula is C12H20N2O3. The van der Waals surface area contributed by atoms with Gasteiger partial charge in [-0.2, -0.15) is 0 Å². The zero-order valence-corrected chi connectivity index (χ0v) is 10.1. The number of nitrogens with two attached hydrogens (primary N) is 1. The lowest BCUT2D eigenvalue weighted by atomic mass is 10.1. The first-order chi connectivity index (χ1) is 8.04. The molecule has 0 aromatic rings. The molecule has 0 aromatic heterocycles. The van der Waals surface area contributed by atoms with Gasteiger partial charge in [0.05, 0.1) is 5.92 Å². The van der Waals surface area contributed by atoms with Gasteiger partial charge < -0.3 is 16.2 Å². The molecule has 1 aliphatic rings. The number of carboxylic acids is 1. The Labute approximate surface area is 101 Å². The van der Waals surface area contributed by atoms with Gasteiger partial charge in [-0.1, -0.05) is 31.9 Å². The maximum Gasteiger partial charge on any atom is 0.326 e. The second-order valence-corrected chi connectivity index (χ2v) is 4.43. The van der Waals surface area contributed by atoms with Crippen LogP contribution in [0, 0.1) is 5.92 Å². The smallest absolute Gasteiger partial charge is 0.326 e. The Morgan fingerprint density at radius 3 is 2.71 bits per heavy atom. The average molecular weight is 240 g/mol. The summed E-state index contributed by atoms with van der Waals surface area (Å²) in [5.41, 5.74) is 5.65. The molecule has 17 heavy (non-hydrogen) atoms. The summed E-state index contributed by atoms with van der Waals surface area (Å²) in [6.07, 6.45) is 6.27. The lowest BCUT2D eigenvalue weighted by molar-refractivity contribution is -0.142. The van der Waals surface area contributed by atoms with E-state index in [4.69, 9.17) is 10.8 Å². The third-order valence-electron chi connectivity index (χ3n) is 2.91. The van der Waals surface area contributed by atoms with Crippen LogP contribution >= 0.6 is 0 Å². The zero-order chi connectivity index (χ0) is 12.8. The highest BCUT2D eigenvalue weighted by molar-refractivity contribution is 5.86. The molecule has 0 fully saturated rings. The molecule has 0 aromatic carbocycles. The fourth-order valence-electron chi connectivity index (χ4n) is 1.87. The first-order valence-electron chi connectivity index (χ1n) is 6.01. The summed E-state index contributed by atoms with van der Waals surface area (Å²) in [4.78, 5) is 22.8. The Balaban J connectivity index is 2.46. The Kier molecular flexibility index (Phi) is 5.15. The van der Waals surface area contributed by atoms with Crippen molar-refractivity contribution in [1.29, 1.82) is 0 Å². The van der Waals surface area contributed by atoms with Gasteiger partial charge in [-0.3, -0.25) is 4.79 Å². The quantitative estimate of drug-likeness (QED) is 0.594. The van der Waals surface area contributed by atoms with E-state index in [1.807, 2.05) is 6.92 Å². The summed E-state index contributed by atoms with van der Waals surface area (Å²) in [7, 11) is 0. The second kappa shape index (κ2) is 6.39. The van der Waals surface area contributed by atoms with Crippen LogP contribution in [0.3, 0.4) is 0 Å². The second-order valence-electron chi connectivity index (χ2n) is 4.43. The van der Waals surface area contributed by atoms with Crippen molar-refractivity contribution in [2.75, 3.05) is 0 Å². The summed E-state index contributed by atoms with van der Waals surface area (Å²) in [5, 5.41) is 11.6. The maximum absolute atomic E-state index is 11.8. The lowest BCUT2D eigenvalue weighted by Gasteiger charge is -2.16. The molecule has 0 spiro atoms. The van der Waals surface area contributed by atoms with Crippen LogP contribution in [0.25, 0.3) is 0 Å². The van der Waals surface area contributed by atoms with Gasteiger partial charge in [-0.05, 0) is 12.8 Å². The Morgan fingerprint density at radius 1 is 1.53 bits per heavy atom. The first kappa shape index (κ1) is 13.7. The average Bonchev–Trinajstić information content (AvgIpc) is 2.70. The minimum Gasteiger partial charge on any atom is -0.480 e. The van der Waals surface area contributed by atoms with E-state index in [9.17, 15) is 9.59 Å². The van der Waals surface area contributed by atoms with E-state index in [2.05, 4.69) is 5.32 Å². The van der Waals surface area contributed by atoms with Crippen molar-refractivity contribution in [1.82, 2.24) is 5.32 Å². The third kappa shape index (κ3) is 4.19. The molecule has 5 nitrogen and oxygen atoms in total. The minimum atomic E-state index is -0.974. The van der Waals surface area contributed by atoms with Crippen LogP contribution in [-0.4, -0.2) is 29.1 Å². The summed E-state index contributed by atoms with van der Waals surface area (Å²) in [5.74, 6) is -1.50. The van der Waals surface area contributed by atoms with E-state index in [0.717, 1.165) is 12.8 Å². The molecule has 0 saturated carbocycles. The topological polar surface area (TPSA) is 92.4 Å². The fraction of sp³-hybridized carbons (Fsp3) is 0.667. The number of unbranched alkanes of at least 4 members (excludes halogenated alkanes) is 1. The predicted octanol–water partition coefficient (Wildman–Crippen LogP) is 0.649. The van der Waals surface area contributed by atoms with Gasteiger partial charge in [0.25, 0.3) is 0 Å². The van der Waals surface area contributed by atoms with E-state index in [1.54, 1.807) is 12.2 Å². The summed E-state index contributed by atoms with van der Waals surface area (Å²) in [6.45, 7) is 1.99. The number of amides is 1. The highest BCUT2D eigenvalue weighted by Crippen LogP contribution is 2.16. The van der Waals surface area contributed by atoms with Gasteiger partial charge in [-0.15, -0.1) is 0 Å². The van der Waals surface area contributed by atoms with Crippen molar-refractivity contribution in [3.05, 3.63) is 12.2 Å². The van der Waals surface area contributed by atoms with Crippen molar-refractivity contribution in [2.24, 2.45) is 11.7 Å². The molecule has 1 rings (SSSR count). The highest BCUT2D eigenvalue weighted by Gasteiger charge is 2.26. The van der Waals surface area contributed by atoms with Crippen LogP contribution < -0.4 is 11.1 Å². The number of hydrogen-bond acceptors (Lipinski definition) is 3. The van der Waals surface area contributed by atoms with Gasteiger partial charge in [0.2, 0.25) is 5.91 Å². The van der Waals surface area contributed by atoms with Gasteiger partial charge >= 0.3 is 5.97 Å². The van der Waals surface area contributed by atoms with E-state index in [0.29, 0.717) is 12.8 Å². The van der Waals surface area contributed by atoms with Crippen LogP contribution in [0.5, 0.6) is 0 Å². The molecule has 0 heterocycles. The molecule has 0 saturated heterocycles. The largest absolute Gasteiger partial charge is 0.480 e. The van der Waals surface area contributed by atoms with Crippen LogP contribution in [0.2, 0.25) is 0 Å². The molecule has 5 heteroatoms. The molecule has 0 aliphatic heterocycles. The van der Waals surface area contributed by atoms with Crippen molar-refractivity contribution >= 4 is 11.9 Å². The molecule has 3 unspecified atom stereocenters. The highest BCUT2D eigenvalue weighted by atomic mass is 16.4. The molecule has 0 bridgehead atoms. The normalized spacial score (nSPS) is 24.6. The van der Waals surface area contributed by atoms with Gasteiger partial charge in [0.1, 0.15) is 6.04 Å². The third-order valence-corrected chi connectivity index (χ3v) is 2.91. The first-order valence-corrected chi connectivity index (χ1v) is 6.01. The summed E-state index contributed by atoms with van der Waals surface area (Å²) >= 11 is 0. The molecule has 0 radical (unpaired) electrons. The van der Waals surface area contributed by atoms with E-state index in [-0.39, 0.29) is 17.9 Å². The fourth-order valence-corrected chi connectivity index (χ4v) is 1.87. The van der Waals surface area contributed by atoms with Crippen molar-refractivity contribution in [2.45, 2.75) is 44.7 Å². The number of carbonyl (C=O) groups is 2. The number of hydrogen-bond donors (Lipinski definition) is 3. The van der Waals surface area contributed by atoms with E-state index < -0.39 is 12.0 Å². The summed E-state index contributed by atoms with van der Waals surface area (Å²) < 4.78 is 0. The Hall–Kier alpha value is -1.36. The molecular weight excluding hydrogens is 220 g/mol. The van der Waals surface area contributed by atoms with Crippen molar-refractivity contribution in [3.63, 3.8) is 0 Å². The summed E-state index contributed by atoms with van der Waals surface area (Å²) in [6, 6.07) is -0.877. The van der Waals surface area contributed by atoms with Crippen LogP contribution in [0.1, 0.15) is 32.6 Å². The van der Waals surface area contributed by atoms with E-state index >= 15 is 0 Å². The van der Waals surface area contributed by atoms with Crippen LogP contribution in [-0.2, 0) is 9.59 Å². The SMILES string of the molecule is CCCCC(NC(=O)C1C=CC(N)C1)C(=O)O. The molecule has 1 amide bonds. The van der Waals surface area contributed by atoms with Crippen molar-refractivity contribution < 1.29 is 14.7 Å². The van der Waals surface area contributed by atoms with Gasteiger partial charge in [-0.25, -0.2) is 4.79 Å². The standard InChI is InChI=1S/C12H20N2O3/c1-2-3-4-10(12(16)17)14-11(15)8-5-6-9(13)7-8/h5-6,8-10H,2-4,7,13H2,1H3,(H,14,15)(H,16,17). The number of rotatable bonds is 6. The Bertz CT molecular complexity index is 315. The number of carbonyl (C=O) groups excluding carboxylic acids is 1. The van der Waals surface area contributed by atoms with Crippen LogP contribution in [0.15, 0.2) is 12.2 Å². The molecule has 4 N–H and O–H groups in total. The maximum atomic E-state index is 11.8. The monoisotopic (exact) mass is 240 g/mol.